The first-order valence-electron chi connectivity index (χ1n) is 6.07. The second-order valence-corrected chi connectivity index (χ2v) is 4.85. The topological polar surface area (TPSA) is 81.0 Å². The summed E-state index contributed by atoms with van der Waals surface area (Å²) in [5, 5.41) is 8.74. The zero-order valence-corrected chi connectivity index (χ0v) is 12.4. The van der Waals surface area contributed by atoms with Crippen molar-refractivity contribution in [1.82, 2.24) is 4.57 Å². The fourth-order valence-electron chi connectivity index (χ4n) is 1.98. The Hall–Kier alpha value is -2.66. The molecule has 0 aliphatic carbocycles. The summed E-state index contributed by atoms with van der Waals surface area (Å²) >= 11 is 5.90. The molecule has 120 valence electrons. The highest BCUT2D eigenvalue weighted by Gasteiger charge is 2.31. The number of nitrogens with two attached hydrogens (primary N) is 1. The highest BCUT2D eigenvalue weighted by atomic mass is 35.5. The number of anilines is 1. The number of nitriles is 1. The Morgan fingerprint density at radius 3 is 2.57 bits per heavy atom. The van der Waals surface area contributed by atoms with Gasteiger partial charge in [-0.3, -0.25) is 0 Å². The molecular weight excluding hydrogens is 335 g/mol. The third-order valence-electron chi connectivity index (χ3n) is 3.08. The third-order valence-corrected chi connectivity index (χ3v) is 3.38. The number of esters is 1. The highest BCUT2D eigenvalue weighted by molar-refractivity contribution is 6.32. The smallest absolute Gasteiger partial charge is 0.416 e. The normalized spacial score (nSPS) is 11.1. The molecule has 23 heavy (non-hydrogen) atoms. The van der Waals surface area contributed by atoms with Crippen LogP contribution in [0.1, 0.15) is 21.6 Å². The lowest BCUT2D eigenvalue weighted by Crippen LogP contribution is -2.12. The molecule has 2 N–H and O–H groups in total. The number of ether oxygens (including phenoxy) is 1. The number of hydrogen-bond acceptors (Lipinski definition) is 4. The Kier molecular flexibility index (Phi) is 4.25. The van der Waals surface area contributed by atoms with Gasteiger partial charge in [0.1, 0.15) is 6.07 Å². The van der Waals surface area contributed by atoms with Crippen LogP contribution >= 0.6 is 11.6 Å². The molecule has 0 aliphatic heterocycles. The van der Waals surface area contributed by atoms with Gasteiger partial charge in [-0.2, -0.15) is 18.4 Å². The van der Waals surface area contributed by atoms with Crippen LogP contribution in [0, 0.1) is 11.3 Å². The number of nitrogens with zero attached hydrogens (tertiary/aromatic N) is 2. The number of rotatable bonds is 2. The van der Waals surface area contributed by atoms with Crippen molar-refractivity contribution in [3.05, 3.63) is 46.2 Å². The average molecular weight is 344 g/mol. The predicted molar refractivity (Wildman–Crippen MR) is 76.2 cm³/mol. The van der Waals surface area contributed by atoms with Gasteiger partial charge in [0.2, 0.25) is 0 Å². The number of alkyl halides is 3. The number of aromatic nitrogens is 1. The SMILES string of the molecule is COC(=O)c1c(N)c(C#N)cn1-c1ccc(C(F)(F)F)cc1Cl. The summed E-state index contributed by atoms with van der Waals surface area (Å²) in [5.74, 6) is -0.847. The Balaban J connectivity index is 2.68. The molecule has 2 aromatic rings. The molecule has 0 saturated carbocycles. The van der Waals surface area contributed by atoms with Gasteiger partial charge in [-0.05, 0) is 18.2 Å². The number of carbonyl (C=O) groups excluding carboxylic acids is 1. The lowest BCUT2D eigenvalue weighted by molar-refractivity contribution is -0.137. The van der Waals surface area contributed by atoms with Crippen molar-refractivity contribution in [2.45, 2.75) is 6.18 Å². The van der Waals surface area contributed by atoms with Gasteiger partial charge in [-0.25, -0.2) is 4.79 Å². The van der Waals surface area contributed by atoms with Crippen LogP contribution < -0.4 is 5.73 Å². The molecule has 1 aromatic carbocycles. The minimum atomic E-state index is -4.55. The van der Waals surface area contributed by atoms with E-state index in [-0.39, 0.29) is 27.7 Å². The first-order chi connectivity index (χ1) is 10.7. The predicted octanol–water partition coefficient (Wildman–Crippen LogP) is 3.39. The maximum absolute atomic E-state index is 12.7. The van der Waals surface area contributed by atoms with E-state index >= 15 is 0 Å². The molecular formula is C14H9ClF3N3O2. The van der Waals surface area contributed by atoms with Crippen molar-refractivity contribution in [3.8, 4) is 11.8 Å². The molecule has 0 spiro atoms. The maximum atomic E-state index is 12.7. The first-order valence-corrected chi connectivity index (χ1v) is 6.44. The van der Waals surface area contributed by atoms with E-state index in [1.54, 1.807) is 6.07 Å². The van der Waals surface area contributed by atoms with E-state index < -0.39 is 17.7 Å². The Labute approximate surface area is 133 Å². The molecule has 0 radical (unpaired) electrons. The van der Waals surface area contributed by atoms with Gasteiger partial charge < -0.3 is 15.0 Å². The van der Waals surface area contributed by atoms with E-state index in [0.717, 1.165) is 29.9 Å². The van der Waals surface area contributed by atoms with Gasteiger partial charge in [-0.15, -0.1) is 0 Å². The molecule has 0 unspecified atom stereocenters. The molecule has 9 heteroatoms. The molecule has 5 nitrogen and oxygen atoms in total. The fourth-order valence-corrected chi connectivity index (χ4v) is 2.25. The van der Waals surface area contributed by atoms with Crippen molar-refractivity contribution in [3.63, 3.8) is 0 Å². The maximum Gasteiger partial charge on any atom is 0.416 e. The van der Waals surface area contributed by atoms with Gasteiger partial charge in [0, 0.05) is 6.20 Å². The van der Waals surface area contributed by atoms with Gasteiger partial charge in [0.25, 0.3) is 0 Å². The largest absolute Gasteiger partial charge is 0.464 e. The minimum Gasteiger partial charge on any atom is -0.464 e. The van der Waals surface area contributed by atoms with Gasteiger partial charge in [0.15, 0.2) is 5.69 Å². The van der Waals surface area contributed by atoms with Crippen molar-refractivity contribution < 1.29 is 22.7 Å². The van der Waals surface area contributed by atoms with Crippen molar-refractivity contribution >= 4 is 23.3 Å². The van der Waals surface area contributed by atoms with E-state index in [4.69, 9.17) is 22.6 Å². The van der Waals surface area contributed by atoms with E-state index in [1.165, 1.54) is 6.20 Å². The van der Waals surface area contributed by atoms with Crippen LogP contribution in [0.3, 0.4) is 0 Å². The quantitative estimate of drug-likeness (QED) is 0.847. The van der Waals surface area contributed by atoms with Crippen molar-refractivity contribution in [2.75, 3.05) is 12.8 Å². The van der Waals surface area contributed by atoms with E-state index in [9.17, 15) is 18.0 Å². The monoisotopic (exact) mass is 343 g/mol. The Morgan fingerprint density at radius 2 is 2.09 bits per heavy atom. The number of halogens is 4. The molecule has 0 bridgehead atoms. The lowest BCUT2D eigenvalue weighted by Gasteiger charge is -2.13. The zero-order chi connectivity index (χ0) is 17.4. The lowest BCUT2D eigenvalue weighted by atomic mass is 10.2. The van der Waals surface area contributed by atoms with Crippen LogP contribution in [0.2, 0.25) is 5.02 Å². The van der Waals surface area contributed by atoms with Crippen LogP contribution in [-0.2, 0) is 10.9 Å². The second kappa shape index (κ2) is 5.85. The fraction of sp³-hybridized carbons (Fsp3) is 0.143. The first kappa shape index (κ1) is 16.7. The van der Waals surface area contributed by atoms with E-state index in [1.807, 2.05) is 0 Å². The Bertz CT molecular complexity index is 822. The van der Waals surface area contributed by atoms with Gasteiger partial charge in [0.05, 0.1) is 34.6 Å². The molecule has 0 aliphatic rings. The van der Waals surface area contributed by atoms with Crippen molar-refractivity contribution in [1.29, 1.82) is 5.26 Å². The molecule has 2 rings (SSSR count). The summed E-state index contributed by atoms with van der Waals surface area (Å²) in [6.07, 6.45) is -3.35. The van der Waals surface area contributed by atoms with Crippen molar-refractivity contribution in [2.24, 2.45) is 0 Å². The molecule has 1 heterocycles. The number of nitrogen functional groups attached to an aromatic ring is 1. The van der Waals surface area contributed by atoms with Crippen LogP contribution in [0.25, 0.3) is 5.69 Å². The summed E-state index contributed by atoms with van der Waals surface area (Å²) in [4.78, 5) is 11.8. The highest BCUT2D eigenvalue weighted by Crippen LogP contribution is 2.34. The molecule has 0 amide bonds. The van der Waals surface area contributed by atoms with Crippen LogP contribution in [0.5, 0.6) is 0 Å². The third kappa shape index (κ3) is 2.96. The standard InChI is InChI=1S/C14H9ClF3N3O2/c1-23-13(22)12-11(20)7(5-19)6-21(12)10-3-2-8(4-9(10)15)14(16,17)18/h2-4,6H,20H2,1H3. The molecule has 1 aromatic heterocycles. The molecule has 0 fully saturated rings. The zero-order valence-electron chi connectivity index (χ0n) is 11.6. The second-order valence-electron chi connectivity index (χ2n) is 4.44. The van der Waals surface area contributed by atoms with E-state index in [0.29, 0.717) is 0 Å². The summed E-state index contributed by atoms with van der Waals surface area (Å²) < 4.78 is 43.8. The summed E-state index contributed by atoms with van der Waals surface area (Å²) in [6.45, 7) is 0. The molecule has 0 saturated heterocycles. The summed E-state index contributed by atoms with van der Waals surface area (Å²) in [7, 11) is 1.11. The Morgan fingerprint density at radius 1 is 1.43 bits per heavy atom. The van der Waals surface area contributed by atoms with Crippen LogP contribution in [0.4, 0.5) is 18.9 Å². The number of carbonyl (C=O) groups is 1. The summed E-state index contributed by atoms with van der Waals surface area (Å²) in [5.41, 5.74) is 4.48. The van der Waals surface area contributed by atoms with Crippen LogP contribution in [-0.4, -0.2) is 17.6 Å². The summed E-state index contributed by atoms with van der Waals surface area (Å²) in [6, 6.07) is 4.40. The van der Waals surface area contributed by atoms with E-state index in [2.05, 4.69) is 4.74 Å². The van der Waals surface area contributed by atoms with Gasteiger partial charge in [-0.1, -0.05) is 11.6 Å². The molecule has 0 atom stereocenters. The van der Waals surface area contributed by atoms with Gasteiger partial charge >= 0.3 is 12.1 Å². The van der Waals surface area contributed by atoms with Crippen LogP contribution in [0.15, 0.2) is 24.4 Å². The minimum absolute atomic E-state index is 0.0265. The number of hydrogen-bond donors (Lipinski definition) is 1. The number of methoxy groups -OCH3 is 1. The number of benzene rings is 1. The average Bonchev–Trinajstić information content (AvgIpc) is 2.82.